The molecule has 5 nitrogen and oxygen atoms in total. The molecular weight excluding hydrogens is 432 g/mol. The summed E-state index contributed by atoms with van der Waals surface area (Å²) in [6, 6.07) is 13.0. The lowest BCUT2D eigenvalue weighted by Gasteiger charge is -2.40. The summed E-state index contributed by atoms with van der Waals surface area (Å²) in [5.41, 5.74) is 3.81. The van der Waals surface area contributed by atoms with Crippen molar-refractivity contribution in [2.45, 2.75) is 38.8 Å². The summed E-state index contributed by atoms with van der Waals surface area (Å²) in [5, 5.41) is 4.71. The van der Waals surface area contributed by atoms with Gasteiger partial charge >= 0.3 is 0 Å². The molecular formula is C24H25ClN2O3S. The number of thiocarbonyl (C=S) groups is 1. The molecule has 1 unspecified atom stereocenters. The molecule has 2 aliphatic rings. The second-order valence-electron chi connectivity index (χ2n) is 7.59. The van der Waals surface area contributed by atoms with Gasteiger partial charge in [0.15, 0.2) is 22.4 Å². The van der Waals surface area contributed by atoms with Gasteiger partial charge in [0.05, 0.1) is 13.2 Å². The average Bonchev–Trinajstić information content (AvgIpc) is 2.78. The minimum absolute atomic E-state index is 0.182. The Morgan fingerprint density at radius 3 is 2.65 bits per heavy atom. The zero-order chi connectivity index (χ0) is 22.0. The van der Waals surface area contributed by atoms with Gasteiger partial charge in [0.1, 0.15) is 6.61 Å². The number of ketones is 1. The van der Waals surface area contributed by atoms with Crippen LogP contribution in [-0.2, 0) is 11.4 Å². The molecule has 1 atom stereocenters. The number of carbonyl (C=O) groups is 1. The van der Waals surface area contributed by atoms with Crippen LogP contribution >= 0.6 is 23.8 Å². The van der Waals surface area contributed by atoms with E-state index in [0.29, 0.717) is 34.7 Å². The van der Waals surface area contributed by atoms with Crippen molar-refractivity contribution >= 4 is 34.7 Å². The zero-order valence-corrected chi connectivity index (χ0v) is 19.2. The van der Waals surface area contributed by atoms with Gasteiger partial charge in [-0.3, -0.25) is 4.79 Å². The molecule has 2 aromatic rings. The van der Waals surface area contributed by atoms with Crippen molar-refractivity contribution in [3.63, 3.8) is 0 Å². The van der Waals surface area contributed by atoms with Crippen LogP contribution in [0.3, 0.4) is 0 Å². The van der Waals surface area contributed by atoms with E-state index >= 15 is 0 Å². The molecule has 0 radical (unpaired) electrons. The SMILES string of the molecule is CCN1C(=S)NC(c2ccc(OCc3ccc(Cl)cc3)c(OC)c2)C2=C1CCCC2=O. The van der Waals surface area contributed by atoms with Crippen molar-refractivity contribution in [2.75, 3.05) is 13.7 Å². The maximum absolute atomic E-state index is 12.9. The molecule has 4 rings (SSSR count). The molecule has 0 bridgehead atoms. The van der Waals surface area contributed by atoms with Gasteiger partial charge in [-0.2, -0.15) is 0 Å². The Morgan fingerprint density at radius 1 is 1.16 bits per heavy atom. The highest BCUT2D eigenvalue weighted by atomic mass is 35.5. The van der Waals surface area contributed by atoms with Crippen molar-refractivity contribution < 1.29 is 14.3 Å². The van der Waals surface area contributed by atoms with Gasteiger partial charge < -0.3 is 19.7 Å². The molecule has 162 valence electrons. The monoisotopic (exact) mass is 456 g/mol. The van der Waals surface area contributed by atoms with Gasteiger partial charge in [-0.05, 0) is 67.4 Å². The van der Waals surface area contributed by atoms with Gasteiger partial charge in [-0.15, -0.1) is 0 Å². The first kappa shape index (κ1) is 21.7. The fourth-order valence-corrected chi connectivity index (χ4v) is 4.64. The number of nitrogens with zero attached hydrogens (tertiary/aromatic N) is 1. The molecule has 0 aromatic heterocycles. The summed E-state index contributed by atoms with van der Waals surface area (Å²) in [6.07, 6.45) is 2.30. The van der Waals surface area contributed by atoms with Gasteiger partial charge in [-0.25, -0.2) is 0 Å². The summed E-state index contributed by atoms with van der Waals surface area (Å²) < 4.78 is 11.6. The largest absolute Gasteiger partial charge is 0.493 e. The molecule has 0 saturated carbocycles. The predicted octanol–water partition coefficient (Wildman–Crippen LogP) is 5.19. The highest BCUT2D eigenvalue weighted by Gasteiger charge is 2.36. The van der Waals surface area contributed by atoms with E-state index in [4.69, 9.17) is 33.3 Å². The van der Waals surface area contributed by atoms with Crippen LogP contribution in [0.4, 0.5) is 0 Å². The topological polar surface area (TPSA) is 50.8 Å². The maximum atomic E-state index is 12.9. The molecule has 1 aliphatic heterocycles. The molecule has 2 aromatic carbocycles. The number of allylic oxidation sites excluding steroid dienone is 1. The maximum Gasteiger partial charge on any atom is 0.173 e. The minimum Gasteiger partial charge on any atom is -0.493 e. The Bertz CT molecular complexity index is 1040. The first-order valence-corrected chi connectivity index (χ1v) is 11.2. The van der Waals surface area contributed by atoms with Crippen LogP contribution in [0, 0.1) is 0 Å². The summed E-state index contributed by atoms with van der Waals surface area (Å²) in [5.74, 6) is 1.43. The number of halogens is 1. The number of hydrogen-bond acceptors (Lipinski definition) is 4. The first-order chi connectivity index (χ1) is 15.0. The average molecular weight is 457 g/mol. The van der Waals surface area contributed by atoms with Crippen LogP contribution in [-0.4, -0.2) is 29.5 Å². The highest BCUT2D eigenvalue weighted by molar-refractivity contribution is 7.80. The number of ether oxygens (including phenoxy) is 2. The highest BCUT2D eigenvalue weighted by Crippen LogP contribution is 2.39. The Labute approximate surface area is 193 Å². The first-order valence-electron chi connectivity index (χ1n) is 10.4. The van der Waals surface area contributed by atoms with E-state index in [-0.39, 0.29) is 11.8 Å². The van der Waals surface area contributed by atoms with Crippen LogP contribution < -0.4 is 14.8 Å². The summed E-state index contributed by atoms with van der Waals surface area (Å²) >= 11 is 11.6. The number of benzene rings is 2. The second-order valence-corrected chi connectivity index (χ2v) is 8.41. The van der Waals surface area contributed by atoms with E-state index in [1.807, 2.05) is 54.3 Å². The third-order valence-electron chi connectivity index (χ3n) is 5.70. The van der Waals surface area contributed by atoms with E-state index in [2.05, 4.69) is 5.32 Å². The minimum atomic E-state index is -0.280. The fraction of sp³-hybridized carbons (Fsp3) is 0.333. The quantitative estimate of drug-likeness (QED) is 0.604. The van der Waals surface area contributed by atoms with Crippen LogP contribution in [0.2, 0.25) is 5.02 Å². The third kappa shape index (κ3) is 4.41. The number of methoxy groups -OCH3 is 1. The zero-order valence-electron chi connectivity index (χ0n) is 17.6. The van der Waals surface area contributed by atoms with E-state index in [1.165, 1.54) is 0 Å². The second kappa shape index (κ2) is 9.28. The van der Waals surface area contributed by atoms with Gasteiger partial charge in [0, 0.05) is 29.3 Å². The van der Waals surface area contributed by atoms with Crippen LogP contribution in [0.1, 0.15) is 43.4 Å². The van der Waals surface area contributed by atoms with Crippen molar-refractivity contribution in [1.82, 2.24) is 10.2 Å². The molecule has 7 heteroatoms. The molecule has 1 N–H and O–H groups in total. The van der Waals surface area contributed by atoms with Crippen LogP contribution in [0.25, 0.3) is 0 Å². The molecule has 1 heterocycles. The van der Waals surface area contributed by atoms with Crippen molar-refractivity contribution in [3.05, 3.63) is 69.9 Å². The smallest absolute Gasteiger partial charge is 0.173 e. The summed E-state index contributed by atoms with van der Waals surface area (Å²) in [6.45, 7) is 3.19. The van der Waals surface area contributed by atoms with E-state index in [0.717, 1.165) is 41.8 Å². The predicted molar refractivity (Wildman–Crippen MR) is 126 cm³/mol. The molecule has 0 fully saturated rings. The van der Waals surface area contributed by atoms with Gasteiger partial charge in [0.2, 0.25) is 0 Å². The molecule has 31 heavy (non-hydrogen) atoms. The summed E-state index contributed by atoms with van der Waals surface area (Å²) in [7, 11) is 1.61. The number of nitrogens with one attached hydrogen (secondary N) is 1. The Kier molecular flexibility index (Phi) is 6.49. The normalized spacial score (nSPS) is 18.5. The molecule has 0 saturated heterocycles. The van der Waals surface area contributed by atoms with Crippen LogP contribution in [0.5, 0.6) is 11.5 Å². The lowest BCUT2D eigenvalue weighted by molar-refractivity contribution is -0.116. The Hall–Kier alpha value is -2.57. The standard InChI is InChI=1S/C24H25ClN2O3S/c1-3-27-18-5-4-6-19(28)22(18)23(26-24(27)31)16-9-12-20(21(13-16)29-2)30-14-15-7-10-17(25)11-8-15/h7-13,23H,3-6,14H2,1-2H3,(H,26,31). The van der Waals surface area contributed by atoms with E-state index in [9.17, 15) is 4.79 Å². The van der Waals surface area contributed by atoms with Gasteiger partial charge in [-0.1, -0.05) is 29.8 Å². The van der Waals surface area contributed by atoms with E-state index in [1.54, 1.807) is 7.11 Å². The summed E-state index contributed by atoms with van der Waals surface area (Å²) in [4.78, 5) is 14.9. The Morgan fingerprint density at radius 2 is 1.94 bits per heavy atom. The molecule has 0 spiro atoms. The number of rotatable bonds is 6. The lowest BCUT2D eigenvalue weighted by atomic mass is 9.84. The number of carbonyl (C=O) groups excluding carboxylic acids is 1. The number of hydrogen-bond donors (Lipinski definition) is 1. The molecule has 0 amide bonds. The Balaban J connectivity index is 1.62. The third-order valence-corrected chi connectivity index (χ3v) is 6.29. The lowest BCUT2D eigenvalue weighted by Crippen LogP contribution is -2.49. The molecule has 1 aliphatic carbocycles. The van der Waals surface area contributed by atoms with Crippen molar-refractivity contribution in [2.24, 2.45) is 0 Å². The van der Waals surface area contributed by atoms with E-state index < -0.39 is 0 Å². The van der Waals surface area contributed by atoms with Crippen molar-refractivity contribution in [1.29, 1.82) is 0 Å². The van der Waals surface area contributed by atoms with Crippen LogP contribution in [0.15, 0.2) is 53.7 Å². The fourth-order valence-electron chi connectivity index (χ4n) is 4.16. The van der Waals surface area contributed by atoms with Crippen molar-refractivity contribution in [3.8, 4) is 11.5 Å². The number of Topliss-reactive ketones (excluding diaryl/α,β-unsaturated/α-hetero) is 1. The van der Waals surface area contributed by atoms with Gasteiger partial charge in [0.25, 0.3) is 0 Å².